The molecule has 0 bridgehead atoms. The average Bonchev–Trinajstić information content (AvgIpc) is 3.69. The van der Waals surface area contributed by atoms with Crippen molar-refractivity contribution < 1.29 is 29.2 Å². The highest BCUT2D eigenvalue weighted by molar-refractivity contribution is 5.73. The molecule has 9 nitrogen and oxygen atoms in total. The molecule has 0 fully saturated rings. The molecule has 246 valence electrons. The van der Waals surface area contributed by atoms with Gasteiger partial charge in [-0.2, -0.15) is 0 Å². The van der Waals surface area contributed by atoms with E-state index in [0.717, 1.165) is 38.0 Å². The highest BCUT2D eigenvalue weighted by Crippen LogP contribution is 2.27. The number of allylic oxidation sites excluding steroid dienone is 4. The van der Waals surface area contributed by atoms with Gasteiger partial charge in [0.15, 0.2) is 11.5 Å². The van der Waals surface area contributed by atoms with Gasteiger partial charge in [0.25, 0.3) is 0 Å². The largest absolute Gasteiger partial charge is 0.493 e. The van der Waals surface area contributed by atoms with E-state index in [1.165, 1.54) is 0 Å². The van der Waals surface area contributed by atoms with E-state index in [0.29, 0.717) is 30.4 Å². The molecule has 0 amide bonds. The summed E-state index contributed by atoms with van der Waals surface area (Å²) in [5.74, 6) is 1.98. The maximum atomic E-state index is 11.2. The first-order valence-electron chi connectivity index (χ1n) is 16.3. The van der Waals surface area contributed by atoms with Gasteiger partial charge in [-0.15, -0.1) is 0 Å². The van der Waals surface area contributed by atoms with E-state index in [4.69, 9.17) is 28.9 Å². The first kappa shape index (κ1) is 31.8. The first-order valence-corrected chi connectivity index (χ1v) is 16.3. The molecule has 9 heteroatoms. The summed E-state index contributed by atoms with van der Waals surface area (Å²) in [6, 6.07) is 23.4. The molecule has 2 heterocycles. The number of para-hydroxylation sites is 4. The van der Waals surface area contributed by atoms with Gasteiger partial charge in [0.2, 0.25) is 0 Å². The average molecular weight is 646 g/mol. The van der Waals surface area contributed by atoms with Crippen LogP contribution in [0.3, 0.4) is 0 Å². The van der Waals surface area contributed by atoms with Crippen LogP contribution in [0.25, 0.3) is 11.1 Å². The zero-order valence-corrected chi connectivity index (χ0v) is 26.8. The number of benzene rings is 3. The Bertz CT molecular complexity index is 2030. The lowest BCUT2D eigenvalue weighted by Gasteiger charge is -2.28. The van der Waals surface area contributed by atoms with Gasteiger partial charge in [-0.1, -0.05) is 72.8 Å². The molecule has 3 aromatic carbocycles. The molecular formula is C39H39N3O6. The van der Waals surface area contributed by atoms with E-state index >= 15 is 0 Å². The van der Waals surface area contributed by atoms with Gasteiger partial charge in [0.05, 0.1) is 42.3 Å². The minimum absolute atomic E-state index is 0.0811. The zero-order valence-electron chi connectivity index (χ0n) is 26.8. The van der Waals surface area contributed by atoms with Crippen molar-refractivity contribution in [3.8, 4) is 11.5 Å². The Balaban J connectivity index is 0.997. The number of rotatable bonds is 15. The Morgan fingerprint density at radius 1 is 0.750 bits per heavy atom. The van der Waals surface area contributed by atoms with Crippen LogP contribution >= 0.6 is 0 Å². The normalized spacial score (nSPS) is 19.7. The molecule has 0 aromatic heterocycles. The minimum Gasteiger partial charge on any atom is -0.493 e. The van der Waals surface area contributed by atoms with Crippen molar-refractivity contribution in [2.24, 2.45) is 9.98 Å². The molecule has 4 atom stereocenters. The third kappa shape index (κ3) is 6.90. The van der Waals surface area contributed by atoms with Gasteiger partial charge < -0.3 is 29.2 Å². The molecule has 3 aromatic rings. The van der Waals surface area contributed by atoms with Crippen LogP contribution in [0.1, 0.15) is 0 Å². The number of methoxy groups -OCH3 is 1. The van der Waals surface area contributed by atoms with Crippen molar-refractivity contribution in [2.75, 3.05) is 46.6 Å². The Hall–Kier alpha value is -4.80. The Morgan fingerprint density at radius 3 is 2.25 bits per heavy atom. The van der Waals surface area contributed by atoms with Crippen LogP contribution in [0.4, 0.5) is 0 Å². The van der Waals surface area contributed by atoms with Crippen molar-refractivity contribution in [1.29, 1.82) is 0 Å². The van der Waals surface area contributed by atoms with Crippen LogP contribution < -0.4 is 30.6 Å². The van der Waals surface area contributed by atoms with E-state index in [-0.39, 0.29) is 38.4 Å². The second kappa shape index (κ2) is 14.5. The summed E-state index contributed by atoms with van der Waals surface area (Å²) in [6.45, 7) is 1.48. The van der Waals surface area contributed by atoms with Crippen molar-refractivity contribution >= 4 is 11.1 Å². The van der Waals surface area contributed by atoms with Gasteiger partial charge in [0.1, 0.15) is 31.2 Å². The van der Waals surface area contributed by atoms with E-state index in [2.05, 4.69) is 0 Å². The van der Waals surface area contributed by atoms with Crippen LogP contribution in [0.2, 0.25) is 0 Å². The highest BCUT2D eigenvalue weighted by atomic mass is 16.5. The van der Waals surface area contributed by atoms with Crippen molar-refractivity contribution in [3.05, 3.63) is 142 Å². The van der Waals surface area contributed by atoms with Crippen molar-refractivity contribution in [3.63, 3.8) is 0 Å². The quantitative estimate of drug-likeness (QED) is 0.260. The van der Waals surface area contributed by atoms with Gasteiger partial charge in [0, 0.05) is 41.2 Å². The molecule has 48 heavy (non-hydrogen) atoms. The predicted molar refractivity (Wildman–Crippen MR) is 182 cm³/mol. The molecule has 4 aliphatic rings. The van der Waals surface area contributed by atoms with Crippen LogP contribution in [0, 0.1) is 0 Å². The maximum absolute atomic E-state index is 11.2. The Kier molecular flexibility index (Phi) is 9.62. The summed E-state index contributed by atoms with van der Waals surface area (Å²) in [5.41, 5.74) is 2.92. The van der Waals surface area contributed by atoms with Gasteiger partial charge in [-0.3, -0.25) is 9.89 Å². The fourth-order valence-corrected chi connectivity index (χ4v) is 6.49. The summed E-state index contributed by atoms with van der Waals surface area (Å²) in [6.07, 6.45) is 9.85. The number of ether oxygens (including phenoxy) is 4. The van der Waals surface area contributed by atoms with E-state index < -0.39 is 12.2 Å². The number of hydrogen-bond donors (Lipinski definition) is 2. The van der Waals surface area contributed by atoms with Crippen LogP contribution in [-0.2, 0) is 9.47 Å². The molecule has 7 rings (SSSR count). The van der Waals surface area contributed by atoms with Gasteiger partial charge >= 0.3 is 0 Å². The molecule has 0 spiro atoms. The Labute approximate surface area is 279 Å². The summed E-state index contributed by atoms with van der Waals surface area (Å²) in [4.78, 5) is 11.5. The van der Waals surface area contributed by atoms with Gasteiger partial charge in [-0.05, 0) is 36.4 Å². The fraction of sp³-hybridized carbons (Fsp3) is 0.282. The molecule has 0 saturated carbocycles. The van der Waals surface area contributed by atoms with Crippen molar-refractivity contribution in [1.82, 2.24) is 4.90 Å². The minimum atomic E-state index is -0.829. The van der Waals surface area contributed by atoms with Gasteiger partial charge in [-0.25, -0.2) is 4.99 Å². The summed E-state index contributed by atoms with van der Waals surface area (Å²) in [7, 11) is 1.61. The maximum Gasteiger partial charge on any atom is 0.161 e. The summed E-state index contributed by atoms with van der Waals surface area (Å²) < 4.78 is 23.9. The zero-order chi connectivity index (χ0) is 32.9. The molecule has 0 radical (unpaired) electrons. The molecule has 0 saturated heterocycles. The smallest absolute Gasteiger partial charge is 0.161 e. The molecule has 2 aliphatic carbocycles. The second-order valence-corrected chi connectivity index (χ2v) is 12.0. The number of fused-ring (bicyclic) bond motifs is 4. The molecule has 2 N–H and O–H groups in total. The third-order valence-electron chi connectivity index (χ3n) is 8.68. The summed E-state index contributed by atoms with van der Waals surface area (Å²) in [5, 5.41) is 26.3. The van der Waals surface area contributed by atoms with E-state index in [1.807, 2.05) is 114 Å². The fourth-order valence-electron chi connectivity index (χ4n) is 6.49. The monoisotopic (exact) mass is 645 g/mol. The topological polar surface area (TPSA) is 105 Å². The van der Waals surface area contributed by atoms with Crippen LogP contribution in [-0.4, -0.2) is 86.0 Å². The number of aliphatic hydroxyl groups is 2. The molecule has 2 aliphatic heterocycles. The van der Waals surface area contributed by atoms with Crippen LogP contribution in [0.15, 0.2) is 131 Å². The van der Waals surface area contributed by atoms with E-state index in [1.54, 1.807) is 7.11 Å². The first-order chi connectivity index (χ1) is 23.6. The molecule has 0 unspecified atom stereocenters. The second-order valence-electron chi connectivity index (χ2n) is 12.0. The number of hydrogen-bond acceptors (Lipinski definition) is 9. The summed E-state index contributed by atoms with van der Waals surface area (Å²) >= 11 is 0. The lowest BCUT2D eigenvalue weighted by atomic mass is 10.00. The third-order valence-corrected chi connectivity index (χ3v) is 8.68. The van der Waals surface area contributed by atoms with Crippen LogP contribution in [0.5, 0.6) is 11.5 Å². The molecular weight excluding hydrogens is 606 g/mol. The highest BCUT2D eigenvalue weighted by Gasteiger charge is 2.27. The SMILES string of the molecule is COc1ccccc1OCCN(C[C@H](O)COC1=CC=C[C@@H]2N=c3ccccc3=C12)C[C@@H](O)CO[C@@H]1C=CC=C2N=c3ccccc3=C21. The standard InChI is InChI=1S/C39H39N3O6/c1-45-34-16-6-7-17-35(34)46-21-20-42(22-26(43)24-47-36-18-8-14-32-38(36)28-10-2-4-12-30(28)40-32)23-27(44)25-48-37-19-9-15-33-39(37)29-11-3-5-13-31(29)41-33/h2-19,26-27,32,37,43-44H,20-25H2,1H3/t26-,27+,32-,37+/m0/s1. The Morgan fingerprint density at radius 2 is 1.44 bits per heavy atom. The lowest BCUT2D eigenvalue weighted by molar-refractivity contribution is -0.00785. The number of nitrogens with zero attached hydrogens (tertiary/aromatic N) is 3. The predicted octanol–water partition coefficient (Wildman–Crippen LogP) is 1.74. The number of aliphatic hydroxyl groups excluding tert-OH is 2. The van der Waals surface area contributed by atoms with E-state index in [9.17, 15) is 10.2 Å². The van der Waals surface area contributed by atoms with Crippen molar-refractivity contribution in [2.45, 2.75) is 24.4 Å². The lowest BCUT2D eigenvalue weighted by Crippen LogP contribution is -2.43.